The second-order valence-electron chi connectivity index (χ2n) is 21.3. The Morgan fingerprint density at radius 3 is 0.870 bits per heavy atom. The highest BCUT2D eigenvalue weighted by Gasteiger charge is 2.19. The number of allylic oxidation sites excluding steroid dienone is 18. The van der Waals surface area contributed by atoms with Crippen LogP contribution in [0.2, 0.25) is 0 Å². The van der Waals surface area contributed by atoms with Gasteiger partial charge in [0.25, 0.3) is 0 Å². The first-order valence-electron chi connectivity index (χ1n) is 32.4. The summed E-state index contributed by atoms with van der Waals surface area (Å²) < 4.78 is 16.8. The maximum absolute atomic E-state index is 12.9. The van der Waals surface area contributed by atoms with Gasteiger partial charge in [-0.25, -0.2) is 0 Å². The largest absolute Gasteiger partial charge is 0.462 e. The molecule has 0 spiro atoms. The highest BCUT2D eigenvalue weighted by Crippen LogP contribution is 2.16. The van der Waals surface area contributed by atoms with Crippen molar-refractivity contribution in [3.63, 3.8) is 0 Å². The number of esters is 3. The van der Waals surface area contributed by atoms with Gasteiger partial charge in [-0.1, -0.05) is 278 Å². The fourth-order valence-electron chi connectivity index (χ4n) is 8.91. The Kier molecular flexibility index (Phi) is 61.3. The molecule has 0 aromatic carbocycles. The van der Waals surface area contributed by atoms with Gasteiger partial charge in [0.15, 0.2) is 6.10 Å². The Balaban J connectivity index is 4.37. The monoisotopic (exact) mass is 1070 g/mol. The topological polar surface area (TPSA) is 78.9 Å². The van der Waals surface area contributed by atoms with Crippen molar-refractivity contribution in [1.82, 2.24) is 0 Å². The normalized spacial score (nSPS) is 12.8. The first-order valence-corrected chi connectivity index (χ1v) is 32.4. The Bertz CT molecular complexity index is 1560. The van der Waals surface area contributed by atoms with Gasteiger partial charge in [-0.3, -0.25) is 14.4 Å². The zero-order valence-electron chi connectivity index (χ0n) is 50.4. The molecule has 6 heteroatoms. The Morgan fingerprint density at radius 2 is 0.532 bits per heavy atom. The minimum atomic E-state index is -0.814. The van der Waals surface area contributed by atoms with E-state index in [-0.39, 0.29) is 37.5 Å². The summed E-state index contributed by atoms with van der Waals surface area (Å²) in [6, 6.07) is 0. The van der Waals surface area contributed by atoms with Crippen LogP contribution in [0, 0.1) is 0 Å². The van der Waals surface area contributed by atoms with Gasteiger partial charge in [0, 0.05) is 19.3 Å². The van der Waals surface area contributed by atoms with E-state index in [0.29, 0.717) is 19.3 Å². The summed E-state index contributed by atoms with van der Waals surface area (Å²) in [7, 11) is 0. The first kappa shape index (κ1) is 73.1. The SMILES string of the molecule is CC/C=C\C/C=C\C/C=C\C/C=C\CCC(=O)OCC(COC(=O)CCCCCCCCCCCC/C=C\C/C=C\C/C=C\CCCCCCC)OC(=O)CCCCCCCCCCC/C=C\C/C=C\CCCCCCC. The fraction of sp³-hybridized carbons (Fsp3) is 0.704. The van der Waals surface area contributed by atoms with E-state index in [0.717, 1.165) is 83.5 Å². The Morgan fingerprint density at radius 1 is 0.273 bits per heavy atom. The van der Waals surface area contributed by atoms with E-state index in [9.17, 15) is 14.4 Å². The minimum absolute atomic E-state index is 0.104. The lowest BCUT2D eigenvalue weighted by Crippen LogP contribution is -2.30. The molecule has 6 nitrogen and oxygen atoms in total. The molecule has 0 amide bonds. The molecule has 0 aliphatic heterocycles. The van der Waals surface area contributed by atoms with Gasteiger partial charge in [0.2, 0.25) is 0 Å². The van der Waals surface area contributed by atoms with E-state index in [1.54, 1.807) is 0 Å². The van der Waals surface area contributed by atoms with Gasteiger partial charge in [0.05, 0.1) is 0 Å². The maximum Gasteiger partial charge on any atom is 0.306 e. The van der Waals surface area contributed by atoms with Crippen LogP contribution in [-0.2, 0) is 28.6 Å². The number of hydrogen-bond acceptors (Lipinski definition) is 6. The molecule has 0 radical (unpaired) electrons. The third kappa shape index (κ3) is 62.8. The quantitative estimate of drug-likeness (QED) is 0.0261. The van der Waals surface area contributed by atoms with E-state index in [1.807, 2.05) is 6.08 Å². The zero-order chi connectivity index (χ0) is 55.7. The number of ether oxygens (including phenoxy) is 3. The van der Waals surface area contributed by atoms with Crippen LogP contribution in [0.5, 0.6) is 0 Å². The van der Waals surface area contributed by atoms with E-state index >= 15 is 0 Å². The molecule has 0 aromatic rings. The van der Waals surface area contributed by atoms with Gasteiger partial charge in [0.1, 0.15) is 13.2 Å². The average Bonchev–Trinajstić information content (AvgIpc) is 3.43. The van der Waals surface area contributed by atoms with E-state index in [4.69, 9.17) is 14.2 Å². The Hall–Kier alpha value is -3.93. The Labute approximate surface area is 476 Å². The molecule has 1 atom stereocenters. The van der Waals surface area contributed by atoms with Crippen molar-refractivity contribution in [2.24, 2.45) is 0 Å². The highest BCUT2D eigenvalue weighted by molar-refractivity contribution is 5.71. The minimum Gasteiger partial charge on any atom is -0.462 e. The van der Waals surface area contributed by atoms with Gasteiger partial charge in [-0.15, -0.1) is 0 Å². The molecule has 0 aliphatic rings. The van der Waals surface area contributed by atoms with Crippen LogP contribution in [0.15, 0.2) is 109 Å². The number of unbranched alkanes of at least 4 members (excludes halogenated alkanes) is 29. The molecule has 0 saturated carbocycles. The summed E-state index contributed by atoms with van der Waals surface area (Å²) in [5.74, 6) is -0.991. The summed E-state index contributed by atoms with van der Waals surface area (Å²) in [6.45, 7) is 6.45. The van der Waals surface area contributed by atoms with Crippen LogP contribution >= 0.6 is 0 Å². The first-order chi connectivity index (χ1) is 38.0. The van der Waals surface area contributed by atoms with Crippen molar-refractivity contribution < 1.29 is 28.6 Å². The molecular weight excluding hydrogens is 949 g/mol. The molecule has 0 rings (SSSR count). The number of rotatable bonds is 58. The van der Waals surface area contributed by atoms with E-state index in [1.165, 1.54) is 173 Å². The van der Waals surface area contributed by atoms with E-state index < -0.39 is 6.10 Å². The standard InChI is InChI=1S/C71H120O6/c1-4-7-10-13-16-19-22-25-27-29-31-33-34-35-36-38-39-41-43-46-49-52-55-58-61-64-70(73)76-67-68(66-75-69(72)63-60-57-54-51-48-45-24-21-18-15-12-9-6-3)77-71(74)65-62-59-56-53-50-47-44-42-40-37-32-30-28-26-23-20-17-14-11-8-5-2/h9,12,18,21-23,25-26,29-32,34-35,45,48,54,57,68H,4-8,10-11,13-17,19-20,24,27-28,33,36-44,46-47,49-53,55-56,58-67H2,1-3H3/b12-9-,21-18-,25-22-,26-23-,31-29-,32-30-,35-34-,48-45-,57-54-. The van der Waals surface area contributed by atoms with Crippen molar-refractivity contribution in [3.05, 3.63) is 109 Å². The molecule has 0 bridgehead atoms. The zero-order valence-corrected chi connectivity index (χ0v) is 50.4. The number of hydrogen-bond donors (Lipinski definition) is 0. The molecule has 77 heavy (non-hydrogen) atoms. The van der Waals surface area contributed by atoms with Crippen LogP contribution in [0.4, 0.5) is 0 Å². The van der Waals surface area contributed by atoms with Crippen molar-refractivity contribution in [3.8, 4) is 0 Å². The summed E-state index contributed by atoms with van der Waals surface area (Å²) in [4.78, 5) is 38.3. The maximum atomic E-state index is 12.9. The average molecular weight is 1070 g/mol. The third-order valence-electron chi connectivity index (χ3n) is 13.7. The molecule has 440 valence electrons. The van der Waals surface area contributed by atoms with Gasteiger partial charge < -0.3 is 14.2 Å². The lowest BCUT2D eigenvalue weighted by molar-refractivity contribution is -0.166. The van der Waals surface area contributed by atoms with Gasteiger partial charge in [-0.05, 0) is 116 Å². The van der Waals surface area contributed by atoms with Crippen molar-refractivity contribution >= 4 is 17.9 Å². The van der Waals surface area contributed by atoms with E-state index in [2.05, 4.69) is 124 Å². The lowest BCUT2D eigenvalue weighted by atomic mass is 10.0. The van der Waals surface area contributed by atoms with Crippen LogP contribution in [0.1, 0.15) is 303 Å². The van der Waals surface area contributed by atoms with Crippen LogP contribution < -0.4 is 0 Å². The predicted molar refractivity (Wildman–Crippen MR) is 334 cm³/mol. The molecule has 0 saturated heterocycles. The second-order valence-corrected chi connectivity index (χ2v) is 21.3. The summed E-state index contributed by atoms with van der Waals surface area (Å²) >= 11 is 0. The van der Waals surface area contributed by atoms with Crippen molar-refractivity contribution in [1.29, 1.82) is 0 Å². The fourth-order valence-corrected chi connectivity index (χ4v) is 8.91. The highest BCUT2D eigenvalue weighted by atomic mass is 16.6. The molecule has 0 aromatic heterocycles. The molecule has 1 unspecified atom stereocenters. The molecular formula is C71H120O6. The number of carbonyl (C=O) groups excluding carboxylic acids is 3. The van der Waals surface area contributed by atoms with Crippen molar-refractivity contribution in [2.75, 3.05) is 13.2 Å². The molecule has 0 N–H and O–H groups in total. The van der Waals surface area contributed by atoms with Crippen molar-refractivity contribution in [2.45, 2.75) is 309 Å². The smallest absolute Gasteiger partial charge is 0.306 e. The van der Waals surface area contributed by atoms with Crippen LogP contribution in [0.25, 0.3) is 0 Å². The van der Waals surface area contributed by atoms with Crippen LogP contribution in [-0.4, -0.2) is 37.2 Å². The molecule has 0 aliphatic carbocycles. The van der Waals surface area contributed by atoms with Crippen LogP contribution in [0.3, 0.4) is 0 Å². The molecule has 0 fully saturated rings. The summed E-state index contributed by atoms with van der Waals surface area (Å²) in [5.41, 5.74) is 0. The summed E-state index contributed by atoms with van der Waals surface area (Å²) in [6.07, 6.45) is 88.3. The second kappa shape index (κ2) is 64.6. The molecule has 0 heterocycles. The lowest BCUT2D eigenvalue weighted by Gasteiger charge is -2.18. The predicted octanol–water partition coefficient (Wildman–Crippen LogP) is 22.2. The van der Waals surface area contributed by atoms with Gasteiger partial charge in [-0.2, -0.15) is 0 Å². The third-order valence-corrected chi connectivity index (χ3v) is 13.7. The number of carbonyl (C=O) groups is 3. The van der Waals surface area contributed by atoms with Gasteiger partial charge >= 0.3 is 17.9 Å². The summed E-state index contributed by atoms with van der Waals surface area (Å²) in [5, 5.41) is 0.